The Kier molecular flexibility index (Phi) is 4.04. The first-order valence-corrected chi connectivity index (χ1v) is 4.67. The average Bonchev–Trinajstić information content (AvgIpc) is 1.85. The lowest BCUT2D eigenvalue weighted by molar-refractivity contribution is -0.125. The molecule has 1 unspecified atom stereocenters. The van der Waals surface area contributed by atoms with Crippen molar-refractivity contribution >= 4 is 17.5 Å². The third kappa shape index (κ3) is 3.44. The first-order chi connectivity index (χ1) is 5.27. The van der Waals surface area contributed by atoms with Crippen molar-refractivity contribution in [2.24, 2.45) is 5.92 Å². The number of alkyl halides is 1. The lowest BCUT2D eigenvalue weighted by Crippen LogP contribution is -2.50. The summed E-state index contributed by atoms with van der Waals surface area (Å²) in [5.41, 5.74) is -0.330. The van der Waals surface area contributed by atoms with Crippen molar-refractivity contribution in [3.8, 4) is 0 Å². The number of nitrogens with one attached hydrogen (secondary N) is 1. The molecule has 0 bridgehead atoms. The van der Waals surface area contributed by atoms with E-state index in [0.717, 1.165) is 0 Å². The number of carbonyl (C=O) groups excluding carboxylic acids is 1. The van der Waals surface area contributed by atoms with E-state index in [0.29, 0.717) is 0 Å². The molecule has 0 spiro atoms. The zero-order valence-corrected chi connectivity index (χ0v) is 9.20. The number of halogens is 1. The predicted octanol–water partition coefficient (Wildman–Crippen LogP) is 2.16. The molecule has 0 aromatic rings. The minimum atomic E-state index is -0.330. The summed E-state index contributed by atoms with van der Waals surface area (Å²) < 4.78 is 0. The Balaban J connectivity index is 4.15. The van der Waals surface area contributed by atoms with Crippen LogP contribution in [0.4, 0.5) is 0 Å². The Morgan fingerprint density at radius 2 is 1.75 bits per heavy atom. The summed E-state index contributed by atoms with van der Waals surface area (Å²) in [6, 6.07) is 0. The molecule has 0 radical (unpaired) electrons. The van der Waals surface area contributed by atoms with E-state index in [1.165, 1.54) is 0 Å². The van der Waals surface area contributed by atoms with E-state index in [9.17, 15) is 4.79 Å². The largest absolute Gasteiger partial charge is 0.350 e. The van der Waals surface area contributed by atoms with Gasteiger partial charge >= 0.3 is 0 Å². The van der Waals surface area contributed by atoms with Crippen LogP contribution in [0, 0.1) is 5.92 Å². The lowest BCUT2D eigenvalue weighted by Gasteiger charge is -2.29. The van der Waals surface area contributed by atoms with Gasteiger partial charge < -0.3 is 5.32 Å². The highest BCUT2D eigenvalue weighted by molar-refractivity contribution is 6.21. The molecule has 2 nitrogen and oxygen atoms in total. The molecule has 0 aliphatic rings. The van der Waals surface area contributed by atoms with Gasteiger partial charge in [0.2, 0.25) is 5.91 Å². The van der Waals surface area contributed by atoms with Crippen LogP contribution in [0.5, 0.6) is 0 Å². The maximum atomic E-state index is 11.3. The third-order valence-corrected chi connectivity index (χ3v) is 2.51. The molecule has 0 fully saturated rings. The van der Waals surface area contributed by atoms with E-state index in [4.69, 9.17) is 11.6 Å². The molecular formula is C9H18ClNO. The Morgan fingerprint density at radius 3 is 2.00 bits per heavy atom. The smallest absolute Gasteiger partial charge is 0.223 e. The summed E-state index contributed by atoms with van der Waals surface area (Å²) in [6.45, 7) is 9.45. The normalized spacial score (nSPS) is 14.6. The second kappa shape index (κ2) is 4.13. The monoisotopic (exact) mass is 191 g/mol. The fourth-order valence-corrected chi connectivity index (χ4v) is 0.616. The summed E-state index contributed by atoms with van der Waals surface area (Å²) in [7, 11) is 0. The van der Waals surface area contributed by atoms with E-state index in [-0.39, 0.29) is 22.7 Å². The minimum absolute atomic E-state index is 0.0136. The highest BCUT2D eigenvalue weighted by atomic mass is 35.5. The summed E-state index contributed by atoms with van der Waals surface area (Å²) in [4.78, 5) is 11.3. The fourth-order valence-electron chi connectivity index (χ4n) is 0.561. The number of hydrogen-bond acceptors (Lipinski definition) is 1. The zero-order chi connectivity index (χ0) is 9.94. The van der Waals surface area contributed by atoms with Crippen LogP contribution in [-0.4, -0.2) is 16.8 Å². The Morgan fingerprint density at radius 1 is 1.33 bits per heavy atom. The van der Waals surface area contributed by atoms with Crippen LogP contribution in [-0.2, 0) is 4.79 Å². The van der Waals surface area contributed by atoms with E-state index in [1.807, 2.05) is 34.6 Å². The molecule has 1 N–H and O–H groups in total. The molecule has 1 amide bonds. The first-order valence-electron chi connectivity index (χ1n) is 4.23. The molecule has 72 valence electrons. The van der Waals surface area contributed by atoms with Gasteiger partial charge in [-0.25, -0.2) is 0 Å². The lowest BCUT2D eigenvalue weighted by atomic mass is 10.0. The van der Waals surface area contributed by atoms with Gasteiger partial charge in [-0.3, -0.25) is 4.79 Å². The molecule has 0 aliphatic carbocycles. The van der Waals surface area contributed by atoms with Crippen LogP contribution in [0.25, 0.3) is 0 Å². The van der Waals surface area contributed by atoms with Crippen molar-refractivity contribution in [3.05, 3.63) is 0 Å². The first kappa shape index (κ1) is 11.8. The maximum Gasteiger partial charge on any atom is 0.223 e. The molecule has 1 atom stereocenters. The van der Waals surface area contributed by atoms with Gasteiger partial charge in [0.15, 0.2) is 0 Å². The van der Waals surface area contributed by atoms with Gasteiger partial charge in [-0.15, -0.1) is 11.6 Å². The Labute approximate surface area is 79.7 Å². The van der Waals surface area contributed by atoms with Crippen molar-refractivity contribution in [1.82, 2.24) is 5.32 Å². The van der Waals surface area contributed by atoms with E-state index in [1.54, 1.807) is 0 Å². The van der Waals surface area contributed by atoms with E-state index >= 15 is 0 Å². The fraction of sp³-hybridized carbons (Fsp3) is 0.889. The van der Waals surface area contributed by atoms with Crippen LogP contribution < -0.4 is 5.32 Å². The van der Waals surface area contributed by atoms with E-state index < -0.39 is 0 Å². The summed E-state index contributed by atoms with van der Waals surface area (Å²) >= 11 is 5.90. The molecule has 0 aromatic heterocycles. The van der Waals surface area contributed by atoms with Crippen LogP contribution >= 0.6 is 11.6 Å². The topological polar surface area (TPSA) is 29.1 Å². The van der Waals surface area contributed by atoms with Crippen molar-refractivity contribution in [2.45, 2.75) is 45.5 Å². The van der Waals surface area contributed by atoms with Crippen LogP contribution in [0.2, 0.25) is 0 Å². The number of carbonyl (C=O) groups is 1. The van der Waals surface area contributed by atoms with Crippen molar-refractivity contribution in [3.63, 3.8) is 0 Å². The van der Waals surface area contributed by atoms with Gasteiger partial charge in [-0.1, -0.05) is 13.8 Å². The van der Waals surface area contributed by atoms with Gasteiger partial charge in [0.1, 0.15) is 0 Å². The molecule has 0 heterocycles. The minimum Gasteiger partial charge on any atom is -0.350 e. The van der Waals surface area contributed by atoms with Crippen molar-refractivity contribution in [2.75, 3.05) is 0 Å². The highest BCUT2D eigenvalue weighted by Crippen LogP contribution is 2.15. The molecular weight excluding hydrogens is 174 g/mol. The molecule has 12 heavy (non-hydrogen) atoms. The van der Waals surface area contributed by atoms with Crippen molar-refractivity contribution in [1.29, 1.82) is 0 Å². The maximum absolute atomic E-state index is 11.3. The molecule has 0 aliphatic heterocycles. The number of rotatable bonds is 3. The summed E-state index contributed by atoms with van der Waals surface area (Å²) in [6.07, 6.45) is 0. The third-order valence-electron chi connectivity index (χ3n) is 1.96. The molecule has 0 saturated heterocycles. The second-order valence-electron chi connectivity index (χ2n) is 3.98. The second-order valence-corrected chi connectivity index (χ2v) is 4.64. The van der Waals surface area contributed by atoms with Gasteiger partial charge in [0, 0.05) is 5.92 Å². The SMILES string of the molecule is CC(C)C(=O)NC(C)(C)C(C)Cl. The molecule has 0 saturated carbocycles. The molecule has 0 rings (SSSR count). The summed E-state index contributed by atoms with van der Waals surface area (Å²) in [5, 5.41) is 2.82. The van der Waals surface area contributed by atoms with E-state index in [2.05, 4.69) is 5.32 Å². The van der Waals surface area contributed by atoms with Crippen LogP contribution in [0.1, 0.15) is 34.6 Å². The van der Waals surface area contributed by atoms with Crippen molar-refractivity contribution < 1.29 is 4.79 Å². The number of hydrogen-bond donors (Lipinski definition) is 1. The van der Waals surface area contributed by atoms with Gasteiger partial charge in [0.05, 0.1) is 10.9 Å². The number of amides is 1. The predicted molar refractivity (Wildman–Crippen MR) is 52.4 cm³/mol. The highest BCUT2D eigenvalue weighted by Gasteiger charge is 2.26. The summed E-state index contributed by atoms with van der Waals surface area (Å²) in [5.74, 6) is 0.0622. The zero-order valence-electron chi connectivity index (χ0n) is 8.44. The standard InChI is InChI=1S/C9H18ClNO/c1-6(2)8(12)11-9(4,5)7(3)10/h6-7H,1-5H3,(H,11,12). The molecule has 0 aromatic carbocycles. The van der Waals surface area contributed by atoms with Crippen LogP contribution in [0.15, 0.2) is 0 Å². The average molecular weight is 192 g/mol. The quantitative estimate of drug-likeness (QED) is 0.681. The van der Waals surface area contributed by atoms with Gasteiger partial charge in [0.25, 0.3) is 0 Å². The van der Waals surface area contributed by atoms with Gasteiger partial charge in [-0.05, 0) is 20.8 Å². The molecule has 3 heteroatoms. The Bertz CT molecular complexity index is 164. The Hall–Kier alpha value is -0.240. The van der Waals surface area contributed by atoms with Crippen LogP contribution in [0.3, 0.4) is 0 Å². The van der Waals surface area contributed by atoms with Gasteiger partial charge in [-0.2, -0.15) is 0 Å².